The third-order valence-corrected chi connectivity index (χ3v) is 7.26. The number of sulfone groups is 1. The van der Waals surface area contributed by atoms with E-state index in [9.17, 15) is 38.8 Å². The average molecular weight is 483 g/mol. The minimum atomic E-state index is -6.46. The summed E-state index contributed by atoms with van der Waals surface area (Å²) >= 11 is 4.54. The summed E-state index contributed by atoms with van der Waals surface area (Å²) in [6.45, 7) is 0. The lowest BCUT2D eigenvalue weighted by molar-refractivity contribution is -0.0946. The molecule has 0 unspecified atom stereocenters. The summed E-state index contributed by atoms with van der Waals surface area (Å²) in [6.07, 6.45) is 0. The minimum Gasteiger partial charge on any atom is -0.281 e. The van der Waals surface area contributed by atoms with Crippen LogP contribution in [0.15, 0.2) is 57.2 Å². The molecule has 0 radical (unpaired) electrons. The lowest BCUT2D eigenvalue weighted by Crippen LogP contribution is -2.44. The van der Waals surface area contributed by atoms with Gasteiger partial charge in [0, 0.05) is 9.92 Å². The molecule has 0 aromatic heterocycles. The predicted molar refractivity (Wildman–Crippen MR) is 90.6 cm³/mol. The molecule has 2 aromatic carbocycles. The molecular formula is C14H8ClF5O5S3. The highest BCUT2D eigenvalue weighted by molar-refractivity contribution is 8.01. The topological polar surface area (TPSA) is 88.5 Å². The first-order valence-corrected chi connectivity index (χ1v) is 10.9. The van der Waals surface area contributed by atoms with Crippen LogP contribution in [0.2, 0.25) is 5.02 Å². The third kappa shape index (κ3) is 4.27. The van der Waals surface area contributed by atoms with Gasteiger partial charge in [0.1, 0.15) is 10.7 Å². The zero-order valence-electron chi connectivity index (χ0n) is 13.1. The number of halogens is 6. The Morgan fingerprint density at radius 1 is 0.964 bits per heavy atom. The fraction of sp³-hybridized carbons (Fsp3) is 0.143. The van der Waals surface area contributed by atoms with Gasteiger partial charge >= 0.3 is 20.6 Å². The van der Waals surface area contributed by atoms with Crippen LogP contribution in [0, 0.1) is 5.82 Å². The van der Waals surface area contributed by atoms with Gasteiger partial charge in [-0.3, -0.25) is 4.55 Å². The Balaban J connectivity index is 2.47. The fourth-order valence-electron chi connectivity index (χ4n) is 1.88. The van der Waals surface area contributed by atoms with Crippen LogP contribution in [0.3, 0.4) is 0 Å². The van der Waals surface area contributed by atoms with Crippen molar-refractivity contribution in [3.8, 4) is 0 Å². The van der Waals surface area contributed by atoms with E-state index in [4.69, 9.17) is 16.2 Å². The van der Waals surface area contributed by atoms with Gasteiger partial charge in [-0.15, -0.1) is 0 Å². The highest BCUT2D eigenvalue weighted by Gasteiger charge is 2.66. The van der Waals surface area contributed by atoms with Crippen molar-refractivity contribution in [1.29, 1.82) is 0 Å². The lowest BCUT2D eigenvalue weighted by atomic mass is 10.3. The van der Waals surface area contributed by atoms with Crippen LogP contribution in [0.25, 0.3) is 0 Å². The molecule has 1 N–H and O–H groups in total. The van der Waals surface area contributed by atoms with Crippen molar-refractivity contribution < 1.29 is 43.3 Å². The number of alkyl halides is 4. The van der Waals surface area contributed by atoms with Crippen molar-refractivity contribution in [2.45, 2.75) is 25.2 Å². The van der Waals surface area contributed by atoms with Crippen molar-refractivity contribution in [2.75, 3.05) is 0 Å². The number of hydrogen-bond donors (Lipinski definition) is 1. The molecule has 154 valence electrons. The van der Waals surface area contributed by atoms with E-state index in [1.54, 1.807) is 0 Å². The Morgan fingerprint density at radius 2 is 1.57 bits per heavy atom. The molecule has 0 saturated carbocycles. The monoisotopic (exact) mass is 482 g/mol. The van der Waals surface area contributed by atoms with E-state index in [2.05, 4.69) is 0 Å². The Kier molecular flexibility index (Phi) is 6.08. The van der Waals surface area contributed by atoms with Gasteiger partial charge in [0.25, 0.3) is 0 Å². The van der Waals surface area contributed by atoms with Crippen LogP contribution >= 0.6 is 23.4 Å². The van der Waals surface area contributed by atoms with E-state index in [1.807, 2.05) is 0 Å². The number of thioether (sulfide) groups is 1. The zero-order valence-corrected chi connectivity index (χ0v) is 16.3. The van der Waals surface area contributed by atoms with Gasteiger partial charge in [0.2, 0.25) is 9.84 Å². The molecular weight excluding hydrogens is 475 g/mol. The minimum absolute atomic E-state index is 0.104. The predicted octanol–water partition coefficient (Wildman–Crippen LogP) is 4.48. The summed E-state index contributed by atoms with van der Waals surface area (Å²) in [5, 5.41) is -11.3. The van der Waals surface area contributed by atoms with E-state index in [0.29, 0.717) is 12.1 Å². The van der Waals surface area contributed by atoms with Crippen LogP contribution in [0.1, 0.15) is 0 Å². The molecule has 0 heterocycles. The van der Waals surface area contributed by atoms with Gasteiger partial charge in [-0.25, -0.2) is 12.8 Å². The van der Waals surface area contributed by atoms with Gasteiger partial charge in [-0.05, 0) is 48.2 Å². The molecule has 0 aliphatic carbocycles. The van der Waals surface area contributed by atoms with Crippen molar-refractivity contribution >= 4 is 43.3 Å². The molecule has 5 nitrogen and oxygen atoms in total. The van der Waals surface area contributed by atoms with Gasteiger partial charge in [-0.2, -0.15) is 26.0 Å². The van der Waals surface area contributed by atoms with Crippen molar-refractivity contribution in [1.82, 2.24) is 0 Å². The summed E-state index contributed by atoms with van der Waals surface area (Å²) in [6, 6.07) is 5.73. The highest BCUT2D eigenvalue weighted by atomic mass is 35.5. The Bertz CT molecular complexity index is 1120. The maximum Gasteiger partial charge on any atom is 0.442 e. The largest absolute Gasteiger partial charge is 0.442 e. The maximum absolute atomic E-state index is 13.9. The molecule has 0 aliphatic rings. The SMILES string of the molecule is O=S(=O)(c1cccc(SC(F)(F)C(F)(F)S(=O)(=O)O)c1)c1ccc(Cl)cc1F. The third-order valence-electron chi connectivity index (χ3n) is 3.21. The fourth-order valence-corrected chi connectivity index (χ4v) is 4.96. The molecule has 0 fully saturated rings. The van der Waals surface area contributed by atoms with E-state index in [0.717, 1.165) is 30.3 Å². The molecule has 0 spiro atoms. The molecule has 0 aliphatic heterocycles. The molecule has 2 aromatic rings. The molecule has 14 heteroatoms. The van der Waals surface area contributed by atoms with Crippen LogP contribution in [0.4, 0.5) is 22.0 Å². The summed E-state index contributed by atoms with van der Waals surface area (Å²) in [7, 11) is -11.0. The summed E-state index contributed by atoms with van der Waals surface area (Å²) in [5.41, 5.74) is 0. The van der Waals surface area contributed by atoms with Gasteiger partial charge < -0.3 is 0 Å². The van der Waals surface area contributed by atoms with Gasteiger partial charge in [-0.1, -0.05) is 17.7 Å². The summed E-state index contributed by atoms with van der Waals surface area (Å²) < 4.78 is 122. The quantitative estimate of drug-likeness (QED) is 0.371. The Labute approximate surface area is 165 Å². The van der Waals surface area contributed by atoms with Crippen LogP contribution in [0.5, 0.6) is 0 Å². The van der Waals surface area contributed by atoms with Crippen LogP contribution < -0.4 is 0 Å². The first kappa shape index (κ1) is 22.9. The first-order valence-electron chi connectivity index (χ1n) is 6.81. The van der Waals surface area contributed by atoms with E-state index in [1.165, 1.54) is 0 Å². The van der Waals surface area contributed by atoms with E-state index in [-0.39, 0.29) is 5.02 Å². The molecule has 2 rings (SSSR count). The van der Waals surface area contributed by atoms with Gasteiger partial charge in [0.05, 0.1) is 4.90 Å². The highest BCUT2D eigenvalue weighted by Crippen LogP contribution is 2.49. The smallest absolute Gasteiger partial charge is 0.281 e. The summed E-state index contributed by atoms with van der Waals surface area (Å²) in [4.78, 5) is -2.33. The normalized spacial score (nSPS) is 13.5. The molecule has 0 bridgehead atoms. The van der Waals surface area contributed by atoms with E-state index >= 15 is 0 Å². The molecule has 0 saturated heterocycles. The second kappa shape index (κ2) is 7.44. The van der Waals surface area contributed by atoms with Crippen LogP contribution in [-0.2, 0) is 20.0 Å². The van der Waals surface area contributed by atoms with Crippen molar-refractivity contribution in [3.05, 3.63) is 53.3 Å². The lowest BCUT2D eigenvalue weighted by Gasteiger charge is -2.23. The number of benzene rings is 2. The average Bonchev–Trinajstić information content (AvgIpc) is 2.53. The second-order valence-corrected chi connectivity index (χ2v) is 10.2. The zero-order chi connectivity index (χ0) is 21.5. The molecule has 28 heavy (non-hydrogen) atoms. The van der Waals surface area contributed by atoms with Gasteiger partial charge in [0.15, 0.2) is 0 Å². The number of rotatable bonds is 6. The second-order valence-electron chi connectivity index (χ2n) is 5.16. The van der Waals surface area contributed by atoms with E-state index < -0.39 is 62.7 Å². The molecule has 0 atom stereocenters. The summed E-state index contributed by atoms with van der Waals surface area (Å²) in [5.74, 6) is -1.23. The number of hydrogen-bond acceptors (Lipinski definition) is 5. The van der Waals surface area contributed by atoms with Crippen LogP contribution in [-0.4, -0.2) is 31.9 Å². The van der Waals surface area contributed by atoms with Crippen molar-refractivity contribution in [3.63, 3.8) is 0 Å². The first-order chi connectivity index (χ1) is 12.6. The maximum atomic E-state index is 13.9. The molecule has 0 amide bonds. The standard InChI is InChI=1S/C14H8ClF5O5S3/c15-8-4-5-12(11(16)6-8)27(21,22)10-3-1-2-9(7-10)26-13(17,18)14(19,20)28(23,24)25/h1-7H,(H,23,24,25). The Morgan fingerprint density at radius 3 is 2.11 bits per heavy atom. The van der Waals surface area contributed by atoms with Crippen molar-refractivity contribution in [2.24, 2.45) is 0 Å². The Hall–Kier alpha value is -1.41.